The average Bonchev–Trinajstić information content (AvgIpc) is 1.85. The van der Waals surface area contributed by atoms with E-state index in [0.29, 0.717) is 13.1 Å². The Morgan fingerprint density at radius 3 is 1.00 bits per heavy atom. The van der Waals surface area contributed by atoms with Crippen LogP contribution in [0.5, 0.6) is 0 Å². The van der Waals surface area contributed by atoms with Crippen molar-refractivity contribution in [3.05, 3.63) is 0 Å². The van der Waals surface area contributed by atoms with E-state index >= 15 is 0 Å². The van der Waals surface area contributed by atoms with Crippen molar-refractivity contribution in [2.24, 2.45) is 11.5 Å². The average molecular weight is 444 g/mol. The normalized spacial score (nSPS) is 5.33. The Hall–Kier alpha value is 0.128. The van der Waals surface area contributed by atoms with Crippen LogP contribution < -0.4 is 46.5 Å². The Kier molecular flexibility index (Phi) is 89.0. The van der Waals surface area contributed by atoms with Crippen molar-refractivity contribution >= 4 is 11.9 Å². The van der Waals surface area contributed by atoms with Gasteiger partial charge in [-0.3, -0.25) is 0 Å². The van der Waals surface area contributed by atoms with Crippen molar-refractivity contribution in [2.75, 3.05) is 13.1 Å². The molecule has 0 spiro atoms. The third-order valence-electron chi connectivity index (χ3n) is 0.167. The van der Waals surface area contributed by atoms with Crippen LogP contribution in [0.1, 0.15) is 13.8 Å². The van der Waals surface area contributed by atoms with Gasteiger partial charge < -0.3 is 56.1 Å². The van der Waals surface area contributed by atoms with Gasteiger partial charge >= 0.3 is 21.1 Å². The molecule has 0 saturated carbocycles. The number of carbonyl (C=O) groups excluding carboxylic acids is 2. The van der Waals surface area contributed by atoms with Crippen LogP contribution in [0, 0.1) is 0 Å². The number of hydrogen-bond acceptors (Lipinski definition) is 6. The van der Waals surface area contributed by atoms with Gasteiger partial charge in [-0.15, -0.1) is 0 Å². The zero-order valence-corrected chi connectivity index (χ0v) is 12.1. The summed E-state index contributed by atoms with van der Waals surface area (Å²) in [5.41, 5.74) is 9.81. The molecule has 0 aromatic rings. The molecule has 0 amide bonds. The van der Waals surface area contributed by atoms with Gasteiger partial charge in [-0.05, 0) is 13.8 Å². The van der Waals surface area contributed by atoms with Gasteiger partial charge in [0.05, 0.1) is 0 Å². The largest absolute Gasteiger partial charge is 4.00 e. The number of rotatable bonds is 1. The fourth-order valence-corrected chi connectivity index (χ4v) is 0. The summed E-state index contributed by atoms with van der Waals surface area (Å²) in [6.45, 7) is 3.14. The topological polar surface area (TPSA) is 132 Å². The second-order valence-corrected chi connectivity index (χ2v) is 1.56. The number of halogens is 2. The van der Waals surface area contributed by atoms with E-state index in [9.17, 15) is 0 Å². The summed E-state index contributed by atoms with van der Waals surface area (Å²) in [5.74, 6) is -2.17. The van der Waals surface area contributed by atoms with Crippen LogP contribution in [-0.4, -0.2) is 25.0 Å². The summed E-state index contributed by atoms with van der Waals surface area (Å²) >= 11 is 0. The molecule has 0 aromatic carbocycles. The molecule has 96 valence electrons. The van der Waals surface area contributed by atoms with Gasteiger partial charge in [-0.2, -0.15) is 0 Å². The fourth-order valence-electron chi connectivity index (χ4n) is 0. The molecule has 0 radical (unpaired) electrons. The Morgan fingerprint density at radius 1 is 0.933 bits per heavy atom. The quantitative estimate of drug-likeness (QED) is 0.413. The number of aliphatic carboxylic acids is 2. The van der Waals surface area contributed by atoms with Gasteiger partial charge in [0.15, 0.2) is 0 Å². The van der Waals surface area contributed by atoms with E-state index in [1.54, 1.807) is 0 Å². The van der Waals surface area contributed by atoms with Crippen LogP contribution in [0.25, 0.3) is 0 Å². The summed E-state index contributed by atoms with van der Waals surface area (Å²) in [7, 11) is 0. The molecule has 9 heteroatoms. The van der Waals surface area contributed by atoms with Gasteiger partial charge in [-0.1, -0.05) is 0 Å². The maximum Gasteiger partial charge on any atom is 4.00 e. The van der Waals surface area contributed by atoms with E-state index in [0.717, 1.165) is 13.8 Å². The Bertz CT molecular complexity index is 108. The van der Waals surface area contributed by atoms with Crippen LogP contribution in [0.3, 0.4) is 0 Å². The summed E-state index contributed by atoms with van der Waals surface area (Å²) < 4.78 is 0. The fraction of sp³-hybridized carbons (Fsp3) is 0.667. The first kappa shape index (κ1) is 36.2. The minimum absolute atomic E-state index is 0. The number of hydrogen-bond donors (Lipinski definition) is 2. The second kappa shape index (κ2) is 36.9. The maximum absolute atomic E-state index is 8.89. The first-order valence-corrected chi connectivity index (χ1v) is 3.13. The Labute approximate surface area is 116 Å². The summed E-state index contributed by atoms with van der Waals surface area (Å²) in [4.78, 5) is 17.8. The summed E-state index contributed by atoms with van der Waals surface area (Å²) in [6, 6.07) is 0. The van der Waals surface area contributed by atoms with Crippen LogP contribution in [0.15, 0.2) is 0 Å². The minimum atomic E-state index is -1.08. The molecule has 0 aliphatic carbocycles. The van der Waals surface area contributed by atoms with E-state index in [4.69, 9.17) is 31.3 Å². The number of carboxylic acids is 2. The molecule has 0 unspecified atom stereocenters. The SMILES string of the molecule is CC(=O)[O-].CC(=O)[O-].NCCN.[Cl-].[Cl-].[Pt+4]. The Morgan fingerprint density at radius 2 is 1.00 bits per heavy atom. The molecule has 0 rings (SSSR count). The smallest absolute Gasteiger partial charge is 1.00 e. The molecular formula is C6H14Cl2N2O4Pt. The van der Waals surface area contributed by atoms with Crippen molar-refractivity contribution in [1.82, 2.24) is 0 Å². The van der Waals surface area contributed by atoms with E-state index in [1.165, 1.54) is 0 Å². The summed E-state index contributed by atoms with van der Waals surface area (Å²) in [6.07, 6.45) is 0. The molecule has 0 aromatic heterocycles. The van der Waals surface area contributed by atoms with Gasteiger partial charge in [0.1, 0.15) is 0 Å². The molecule has 0 saturated heterocycles. The molecule has 0 fully saturated rings. The van der Waals surface area contributed by atoms with Crippen molar-refractivity contribution in [3.63, 3.8) is 0 Å². The molecule has 6 nitrogen and oxygen atoms in total. The molecule has 15 heavy (non-hydrogen) atoms. The third-order valence-corrected chi connectivity index (χ3v) is 0.167. The predicted octanol–water partition coefficient (Wildman–Crippen LogP) is -9.58. The number of carbonyl (C=O) groups is 2. The van der Waals surface area contributed by atoms with Crippen molar-refractivity contribution in [1.29, 1.82) is 0 Å². The van der Waals surface area contributed by atoms with Crippen molar-refractivity contribution in [2.45, 2.75) is 13.8 Å². The predicted molar refractivity (Wildman–Crippen MR) is 39.5 cm³/mol. The minimum Gasteiger partial charge on any atom is -1.00 e. The number of carboxylic acid groups (broad SMARTS) is 2. The van der Waals surface area contributed by atoms with Gasteiger partial charge in [0.25, 0.3) is 0 Å². The monoisotopic (exact) mass is 443 g/mol. The first-order chi connectivity index (χ1) is 5.38. The van der Waals surface area contributed by atoms with Crippen LogP contribution in [-0.2, 0) is 30.7 Å². The molecular weight excluding hydrogens is 430 g/mol. The van der Waals surface area contributed by atoms with E-state index in [-0.39, 0.29) is 45.9 Å². The van der Waals surface area contributed by atoms with Crippen molar-refractivity contribution in [3.8, 4) is 0 Å². The van der Waals surface area contributed by atoms with Crippen LogP contribution in [0.4, 0.5) is 0 Å². The maximum atomic E-state index is 8.89. The Balaban J connectivity index is -0.0000000184. The van der Waals surface area contributed by atoms with Crippen LogP contribution in [0.2, 0.25) is 0 Å². The molecule has 4 N–H and O–H groups in total. The number of nitrogens with two attached hydrogens (primary N) is 2. The van der Waals surface area contributed by atoms with E-state index in [2.05, 4.69) is 0 Å². The van der Waals surface area contributed by atoms with Crippen molar-refractivity contribution < 1.29 is 65.7 Å². The standard InChI is InChI=1S/C2H8N2.2C2H4O2.2ClH.Pt/c3-1-2-4;2*1-2(3)4;;;/h1-4H2;2*1H3,(H,3,4);2*1H;/q;;;;;+4/p-4. The third kappa shape index (κ3) is 1630. The second-order valence-electron chi connectivity index (χ2n) is 1.56. The zero-order chi connectivity index (χ0) is 10.6. The van der Waals surface area contributed by atoms with E-state index < -0.39 is 11.9 Å². The molecule has 0 heterocycles. The van der Waals surface area contributed by atoms with Gasteiger partial charge in [0, 0.05) is 25.0 Å². The molecule has 0 atom stereocenters. The molecule has 0 aliphatic heterocycles. The van der Waals surface area contributed by atoms with Crippen LogP contribution >= 0.6 is 0 Å². The first-order valence-electron chi connectivity index (χ1n) is 3.13. The van der Waals surface area contributed by atoms with E-state index in [1.807, 2.05) is 0 Å². The van der Waals surface area contributed by atoms with Gasteiger partial charge in [0.2, 0.25) is 0 Å². The molecule has 0 aliphatic rings. The van der Waals surface area contributed by atoms with Gasteiger partial charge in [-0.25, -0.2) is 0 Å². The molecule has 0 bridgehead atoms. The zero-order valence-electron chi connectivity index (χ0n) is 8.27. The summed E-state index contributed by atoms with van der Waals surface area (Å²) in [5, 5.41) is 17.8.